The normalized spacial score (nSPS) is 23.0. The van der Waals surface area contributed by atoms with Crippen LogP contribution in [0.25, 0.3) is 32.1 Å². The highest BCUT2D eigenvalue weighted by Gasteiger charge is 2.49. The van der Waals surface area contributed by atoms with Crippen LogP contribution in [0.2, 0.25) is 5.02 Å². The smallest absolute Gasteiger partial charge is 0.319 e. The molecule has 7 rings (SSSR count). The first-order valence-corrected chi connectivity index (χ1v) is 17.9. The topological polar surface area (TPSA) is 118 Å². The SMILES string of the molecule is CCOC(=O)C1CCCCCN(c2nc(OC[C@@]34CCCN3C[C@H](F)C4)nc3c(F)c(-c4ccc(F)c5sc(N)c(C#N)c45)c(Cl)cc23)C1. The van der Waals surface area contributed by atoms with Crippen LogP contribution in [0.1, 0.15) is 57.4 Å². The summed E-state index contributed by atoms with van der Waals surface area (Å²) in [7, 11) is 0. The fourth-order valence-corrected chi connectivity index (χ4v) is 9.08. The van der Waals surface area contributed by atoms with Gasteiger partial charge in [0.15, 0.2) is 5.82 Å². The molecule has 0 spiro atoms. The molecule has 2 aromatic heterocycles. The van der Waals surface area contributed by atoms with Gasteiger partial charge in [0.1, 0.15) is 41.0 Å². The molecule has 9 nitrogen and oxygen atoms in total. The lowest BCUT2D eigenvalue weighted by Gasteiger charge is -2.32. The van der Waals surface area contributed by atoms with Gasteiger partial charge < -0.3 is 20.1 Å². The zero-order chi connectivity index (χ0) is 34.4. The van der Waals surface area contributed by atoms with Crippen LogP contribution in [0.3, 0.4) is 0 Å². The Bertz CT molecular complexity index is 1990. The number of hydrogen-bond donors (Lipinski definition) is 1. The number of alkyl halides is 1. The van der Waals surface area contributed by atoms with E-state index in [0.29, 0.717) is 37.1 Å². The van der Waals surface area contributed by atoms with Crippen LogP contribution >= 0.6 is 22.9 Å². The standard InChI is InChI=1S/C35H36ClF3N6O3S/c1-2-47-33(46)19-7-4-3-5-11-44(16-19)32-22-13-24(36)27(21-8-9-25(38)30-26(21)23(15-40)31(41)49-30)28(39)29(22)42-34(43-32)48-18-35-10-6-12-45(35)17-20(37)14-35/h8-9,13,19-20H,2-7,10-12,14,16-18,41H2,1H3/t19?,20-,35+/m1/s1. The second-order valence-electron chi connectivity index (χ2n) is 13.1. The fourth-order valence-electron chi connectivity index (χ4n) is 7.83. The Hall–Kier alpha value is -3.86. The highest BCUT2D eigenvalue weighted by Crippen LogP contribution is 2.46. The molecule has 3 saturated heterocycles. The van der Waals surface area contributed by atoms with Gasteiger partial charge in [-0.25, -0.2) is 13.2 Å². The lowest BCUT2D eigenvalue weighted by atomic mass is 9.95. The fraction of sp³-hybridized carbons (Fsp3) is 0.486. The first-order chi connectivity index (χ1) is 23.6. The van der Waals surface area contributed by atoms with Crippen molar-refractivity contribution in [3.63, 3.8) is 0 Å². The number of nitrogen functional groups attached to an aromatic ring is 1. The van der Waals surface area contributed by atoms with Gasteiger partial charge >= 0.3 is 12.0 Å². The third-order valence-corrected chi connectivity index (χ3v) is 11.4. The molecule has 3 aliphatic heterocycles. The summed E-state index contributed by atoms with van der Waals surface area (Å²) in [5, 5.41) is 10.5. The maximum Gasteiger partial charge on any atom is 0.319 e. The van der Waals surface area contributed by atoms with Gasteiger partial charge in [-0.1, -0.05) is 30.5 Å². The molecule has 0 bridgehead atoms. The minimum Gasteiger partial charge on any atom is -0.466 e. The van der Waals surface area contributed by atoms with Crippen molar-refractivity contribution in [1.82, 2.24) is 14.9 Å². The van der Waals surface area contributed by atoms with E-state index in [1.807, 2.05) is 11.0 Å². The van der Waals surface area contributed by atoms with Gasteiger partial charge in [0, 0.05) is 42.4 Å². The molecular formula is C35H36ClF3N6O3S. The molecule has 3 aliphatic rings. The van der Waals surface area contributed by atoms with E-state index in [0.717, 1.165) is 50.0 Å². The highest BCUT2D eigenvalue weighted by atomic mass is 35.5. The zero-order valence-electron chi connectivity index (χ0n) is 27.0. The van der Waals surface area contributed by atoms with Gasteiger partial charge in [-0.2, -0.15) is 15.2 Å². The summed E-state index contributed by atoms with van der Waals surface area (Å²) in [5.41, 5.74) is 5.64. The summed E-state index contributed by atoms with van der Waals surface area (Å²) >= 11 is 7.78. The third-order valence-electron chi connectivity index (χ3n) is 10.1. The first kappa shape index (κ1) is 33.6. The van der Waals surface area contributed by atoms with Crippen LogP contribution in [-0.4, -0.2) is 71.9 Å². The van der Waals surface area contributed by atoms with Gasteiger partial charge in [0.2, 0.25) is 0 Å². The molecule has 0 aliphatic carbocycles. The van der Waals surface area contributed by atoms with E-state index in [1.54, 1.807) is 13.0 Å². The molecule has 49 heavy (non-hydrogen) atoms. The largest absolute Gasteiger partial charge is 0.466 e. The molecule has 0 radical (unpaired) electrons. The van der Waals surface area contributed by atoms with Gasteiger partial charge in [-0.15, -0.1) is 11.3 Å². The predicted octanol–water partition coefficient (Wildman–Crippen LogP) is 7.41. The van der Waals surface area contributed by atoms with Crippen LogP contribution in [0.5, 0.6) is 6.01 Å². The number of nitriles is 1. The number of carbonyl (C=O) groups excluding carboxylic acids is 1. The maximum atomic E-state index is 17.1. The average Bonchev–Trinajstić information content (AvgIpc) is 3.70. The number of anilines is 2. The van der Waals surface area contributed by atoms with Gasteiger partial charge in [-0.05, 0) is 56.8 Å². The third kappa shape index (κ3) is 6.02. The van der Waals surface area contributed by atoms with Crippen LogP contribution in [0.15, 0.2) is 18.2 Å². The zero-order valence-corrected chi connectivity index (χ0v) is 28.6. The van der Waals surface area contributed by atoms with Crippen LogP contribution in [-0.2, 0) is 9.53 Å². The highest BCUT2D eigenvalue weighted by molar-refractivity contribution is 7.23. The summed E-state index contributed by atoms with van der Waals surface area (Å²) in [6.45, 7) is 4.08. The Morgan fingerprint density at radius 2 is 2.04 bits per heavy atom. The minimum absolute atomic E-state index is 0.000459. The number of halogens is 4. The summed E-state index contributed by atoms with van der Waals surface area (Å²) in [4.78, 5) is 26.4. The lowest BCUT2D eigenvalue weighted by Crippen LogP contribution is -2.43. The van der Waals surface area contributed by atoms with E-state index < -0.39 is 29.3 Å². The number of benzene rings is 2. The number of nitrogens with two attached hydrogens (primary N) is 1. The summed E-state index contributed by atoms with van der Waals surface area (Å²) in [6.07, 6.45) is 4.26. The van der Waals surface area contributed by atoms with E-state index in [-0.39, 0.29) is 74.1 Å². The van der Waals surface area contributed by atoms with Crippen molar-refractivity contribution in [2.75, 3.05) is 50.0 Å². The molecule has 2 aromatic carbocycles. The Labute approximate surface area is 290 Å². The van der Waals surface area contributed by atoms with Crippen molar-refractivity contribution in [3.8, 4) is 23.2 Å². The summed E-state index contributed by atoms with van der Waals surface area (Å²) in [5.74, 6) is -1.79. The first-order valence-electron chi connectivity index (χ1n) is 16.7. The molecule has 14 heteroatoms. The minimum atomic E-state index is -0.961. The molecule has 0 saturated carbocycles. The Kier molecular flexibility index (Phi) is 9.23. The number of fused-ring (bicyclic) bond motifs is 3. The van der Waals surface area contributed by atoms with E-state index in [2.05, 4.69) is 9.88 Å². The average molecular weight is 713 g/mol. The second kappa shape index (κ2) is 13.5. The van der Waals surface area contributed by atoms with Gasteiger partial charge in [0.25, 0.3) is 0 Å². The molecule has 3 atom stereocenters. The summed E-state index contributed by atoms with van der Waals surface area (Å²) in [6, 6.07) is 6.07. The molecular weight excluding hydrogens is 677 g/mol. The molecule has 4 aromatic rings. The molecule has 2 N–H and O–H groups in total. The number of aromatic nitrogens is 2. The van der Waals surface area contributed by atoms with Crippen molar-refractivity contribution in [3.05, 3.63) is 40.4 Å². The van der Waals surface area contributed by atoms with Gasteiger partial charge in [-0.3, -0.25) is 9.69 Å². The lowest BCUT2D eigenvalue weighted by molar-refractivity contribution is -0.148. The van der Waals surface area contributed by atoms with E-state index in [4.69, 9.17) is 31.8 Å². The summed E-state index contributed by atoms with van der Waals surface area (Å²) < 4.78 is 58.3. The Morgan fingerprint density at radius 1 is 1.20 bits per heavy atom. The number of nitrogens with zero attached hydrogens (tertiary/aromatic N) is 5. The van der Waals surface area contributed by atoms with Crippen LogP contribution < -0.4 is 15.4 Å². The molecule has 258 valence electrons. The van der Waals surface area contributed by atoms with E-state index in [9.17, 15) is 18.8 Å². The molecule has 3 fully saturated rings. The molecule has 1 unspecified atom stereocenters. The maximum absolute atomic E-state index is 17.1. The van der Waals surface area contributed by atoms with Crippen molar-refractivity contribution in [2.45, 2.75) is 63.6 Å². The quantitative estimate of drug-likeness (QED) is 0.196. The predicted molar refractivity (Wildman–Crippen MR) is 184 cm³/mol. The number of esters is 1. The van der Waals surface area contributed by atoms with Crippen molar-refractivity contribution in [1.29, 1.82) is 5.26 Å². The van der Waals surface area contributed by atoms with Crippen LogP contribution in [0, 0.1) is 28.9 Å². The van der Waals surface area contributed by atoms with Crippen molar-refractivity contribution in [2.24, 2.45) is 5.92 Å². The number of hydrogen-bond acceptors (Lipinski definition) is 10. The van der Waals surface area contributed by atoms with Crippen molar-refractivity contribution < 1.29 is 27.4 Å². The molecule has 0 amide bonds. The van der Waals surface area contributed by atoms with Crippen molar-refractivity contribution >= 4 is 60.7 Å². The number of carbonyl (C=O) groups is 1. The number of ether oxygens (including phenoxy) is 2. The number of rotatable bonds is 7. The Balaban J connectivity index is 1.39. The number of thiophene rings is 1. The van der Waals surface area contributed by atoms with Crippen LogP contribution in [0.4, 0.5) is 24.0 Å². The van der Waals surface area contributed by atoms with Gasteiger partial charge in [0.05, 0.1) is 33.3 Å². The van der Waals surface area contributed by atoms with E-state index in [1.165, 1.54) is 12.1 Å². The Morgan fingerprint density at radius 3 is 2.84 bits per heavy atom. The monoisotopic (exact) mass is 712 g/mol. The van der Waals surface area contributed by atoms with E-state index >= 15 is 4.39 Å². The second-order valence-corrected chi connectivity index (χ2v) is 14.6. The molecule has 5 heterocycles.